The van der Waals surface area contributed by atoms with Crippen molar-refractivity contribution in [2.24, 2.45) is 0 Å². The van der Waals surface area contributed by atoms with Gasteiger partial charge in [0.05, 0.1) is 10.4 Å². The molecular weight excluding hydrogens is 375 g/mol. The van der Waals surface area contributed by atoms with Crippen LogP contribution in [0.4, 0.5) is 0 Å². The van der Waals surface area contributed by atoms with Gasteiger partial charge in [-0.05, 0) is 42.7 Å². The number of carbonyl (C=O) groups excluding carboxylic acids is 1. The second kappa shape index (κ2) is 6.74. The standard InChI is InChI=1S/C19H14Cl2N2O3/c20-13-7-5-12(6-8-13)19(9-10-19)18(24)25-11-16-22-17(23-26-16)14-3-1-2-4-15(14)21/h1-8H,9-11H2. The van der Waals surface area contributed by atoms with Gasteiger partial charge in [0.25, 0.3) is 5.89 Å². The predicted molar refractivity (Wildman–Crippen MR) is 96.9 cm³/mol. The zero-order chi connectivity index (χ0) is 18.1. The summed E-state index contributed by atoms with van der Waals surface area (Å²) in [6.07, 6.45) is 1.50. The van der Waals surface area contributed by atoms with Gasteiger partial charge in [0, 0.05) is 10.6 Å². The minimum Gasteiger partial charge on any atom is -0.455 e. The van der Waals surface area contributed by atoms with Crippen LogP contribution in [0.2, 0.25) is 10.0 Å². The lowest BCUT2D eigenvalue weighted by Gasteiger charge is -2.14. The summed E-state index contributed by atoms with van der Waals surface area (Å²) in [6.45, 7) is -0.0778. The largest absolute Gasteiger partial charge is 0.455 e. The molecular formula is C19H14Cl2N2O3. The van der Waals surface area contributed by atoms with E-state index < -0.39 is 5.41 Å². The molecule has 132 valence electrons. The van der Waals surface area contributed by atoms with Crippen LogP contribution in [0.3, 0.4) is 0 Å². The number of ether oxygens (including phenoxy) is 1. The molecule has 1 aliphatic carbocycles. The van der Waals surface area contributed by atoms with Crippen molar-refractivity contribution >= 4 is 29.2 Å². The summed E-state index contributed by atoms with van der Waals surface area (Å²) >= 11 is 12.0. The highest BCUT2D eigenvalue weighted by Crippen LogP contribution is 2.49. The van der Waals surface area contributed by atoms with Crippen LogP contribution in [0.5, 0.6) is 0 Å². The van der Waals surface area contributed by atoms with Crippen LogP contribution in [0.1, 0.15) is 24.3 Å². The lowest BCUT2D eigenvalue weighted by molar-refractivity contribution is -0.148. The molecule has 0 aliphatic heterocycles. The third-order valence-corrected chi connectivity index (χ3v) is 5.03. The number of rotatable bonds is 5. The molecule has 4 rings (SSSR count). The Hall–Kier alpha value is -2.37. The SMILES string of the molecule is O=C(OCc1nc(-c2ccccc2Cl)no1)C1(c2ccc(Cl)cc2)CC1. The van der Waals surface area contributed by atoms with Crippen LogP contribution in [0.25, 0.3) is 11.4 Å². The lowest BCUT2D eigenvalue weighted by atomic mass is 9.96. The summed E-state index contributed by atoms with van der Waals surface area (Å²) in [5, 5.41) is 5.05. The van der Waals surface area contributed by atoms with Crippen molar-refractivity contribution in [3.8, 4) is 11.4 Å². The summed E-state index contributed by atoms with van der Waals surface area (Å²) in [5.41, 5.74) is 0.986. The fourth-order valence-corrected chi connectivity index (χ4v) is 3.18. The summed E-state index contributed by atoms with van der Waals surface area (Å²) in [6, 6.07) is 14.5. The number of carbonyl (C=O) groups is 1. The van der Waals surface area contributed by atoms with E-state index in [0.717, 1.165) is 18.4 Å². The van der Waals surface area contributed by atoms with Crippen molar-refractivity contribution < 1.29 is 14.1 Å². The van der Waals surface area contributed by atoms with E-state index >= 15 is 0 Å². The Kier molecular flexibility index (Phi) is 4.42. The summed E-state index contributed by atoms with van der Waals surface area (Å²) < 4.78 is 10.6. The number of aromatic nitrogens is 2. The number of hydrogen-bond acceptors (Lipinski definition) is 5. The van der Waals surface area contributed by atoms with Crippen molar-refractivity contribution in [3.63, 3.8) is 0 Å². The molecule has 2 aromatic carbocycles. The Morgan fingerprint density at radius 3 is 2.54 bits per heavy atom. The van der Waals surface area contributed by atoms with Gasteiger partial charge in [0.1, 0.15) is 0 Å². The molecule has 1 heterocycles. The first kappa shape index (κ1) is 17.1. The highest BCUT2D eigenvalue weighted by Gasteiger charge is 2.52. The van der Waals surface area contributed by atoms with Crippen molar-refractivity contribution in [1.29, 1.82) is 0 Å². The highest BCUT2D eigenvalue weighted by molar-refractivity contribution is 6.33. The average Bonchev–Trinajstić information content (AvgIpc) is 3.33. The molecule has 7 heteroatoms. The molecule has 5 nitrogen and oxygen atoms in total. The minimum absolute atomic E-state index is 0.0778. The molecule has 1 saturated carbocycles. The third-order valence-electron chi connectivity index (χ3n) is 4.45. The van der Waals surface area contributed by atoms with E-state index in [1.807, 2.05) is 24.3 Å². The van der Waals surface area contributed by atoms with E-state index in [1.165, 1.54) is 0 Å². The molecule has 0 spiro atoms. The topological polar surface area (TPSA) is 65.2 Å². The van der Waals surface area contributed by atoms with Gasteiger partial charge in [0.15, 0.2) is 6.61 Å². The number of halogens is 2. The summed E-state index contributed by atoms with van der Waals surface area (Å²) in [5.74, 6) is 0.290. The fraction of sp³-hybridized carbons (Fsp3) is 0.211. The van der Waals surface area contributed by atoms with Gasteiger partial charge < -0.3 is 9.26 Å². The van der Waals surface area contributed by atoms with Gasteiger partial charge in [-0.3, -0.25) is 4.79 Å². The molecule has 1 aromatic heterocycles. The molecule has 0 radical (unpaired) electrons. The fourth-order valence-electron chi connectivity index (χ4n) is 2.84. The molecule has 0 saturated heterocycles. The Bertz CT molecular complexity index is 949. The predicted octanol–water partition coefficient (Wildman–Crippen LogP) is 4.82. The molecule has 1 fully saturated rings. The molecule has 3 aromatic rings. The van der Waals surface area contributed by atoms with Crippen LogP contribution < -0.4 is 0 Å². The van der Waals surface area contributed by atoms with Gasteiger partial charge in [-0.25, -0.2) is 0 Å². The van der Waals surface area contributed by atoms with Gasteiger partial charge in [-0.1, -0.05) is 52.6 Å². The van der Waals surface area contributed by atoms with Crippen LogP contribution in [0.15, 0.2) is 53.1 Å². The van der Waals surface area contributed by atoms with Crippen LogP contribution >= 0.6 is 23.2 Å². The quantitative estimate of drug-likeness (QED) is 0.586. The molecule has 0 atom stereocenters. The average molecular weight is 389 g/mol. The van der Waals surface area contributed by atoms with Crippen molar-refractivity contribution in [2.45, 2.75) is 24.9 Å². The molecule has 0 N–H and O–H groups in total. The van der Waals surface area contributed by atoms with Crippen molar-refractivity contribution in [1.82, 2.24) is 10.1 Å². The smallest absolute Gasteiger partial charge is 0.317 e. The molecule has 1 aliphatic rings. The molecule has 0 bridgehead atoms. The highest BCUT2D eigenvalue weighted by atomic mass is 35.5. The maximum atomic E-state index is 12.6. The van der Waals surface area contributed by atoms with Crippen LogP contribution in [-0.4, -0.2) is 16.1 Å². The van der Waals surface area contributed by atoms with Crippen molar-refractivity contribution in [2.75, 3.05) is 0 Å². The van der Waals surface area contributed by atoms with Gasteiger partial charge >= 0.3 is 5.97 Å². The first-order valence-electron chi connectivity index (χ1n) is 8.09. The van der Waals surface area contributed by atoms with Gasteiger partial charge in [0.2, 0.25) is 5.82 Å². The van der Waals surface area contributed by atoms with E-state index in [1.54, 1.807) is 24.3 Å². The number of nitrogens with zero attached hydrogens (tertiary/aromatic N) is 2. The zero-order valence-electron chi connectivity index (χ0n) is 13.6. The Morgan fingerprint density at radius 1 is 1.12 bits per heavy atom. The lowest BCUT2D eigenvalue weighted by Crippen LogP contribution is -2.23. The number of esters is 1. The van der Waals surface area contributed by atoms with E-state index in [0.29, 0.717) is 21.4 Å². The first-order chi connectivity index (χ1) is 12.6. The molecule has 26 heavy (non-hydrogen) atoms. The van der Waals surface area contributed by atoms with Crippen LogP contribution in [-0.2, 0) is 21.6 Å². The van der Waals surface area contributed by atoms with Gasteiger partial charge in [-0.15, -0.1) is 0 Å². The van der Waals surface area contributed by atoms with E-state index in [2.05, 4.69) is 10.1 Å². The van der Waals surface area contributed by atoms with Crippen LogP contribution in [0, 0.1) is 0 Å². The molecule has 0 unspecified atom stereocenters. The van der Waals surface area contributed by atoms with Gasteiger partial charge in [-0.2, -0.15) is 4.98 Å². The summed E-state index contributed by atoms with van der Waals surface area (Å²) in [4.78, 5) is 16.8. The Balaban J connectivity index is 1.44. The summed E-state index contributed by atoms with van der Waals surface area (Å²) in [7, 11) is 0. The van der Waals surface area contributed by atoms with E-state index in [-0.39, 0.29) is 18.5 Å². The number of hydrogen-bond donors (Lipinski definition) is 0. The number of benzene rings is 2. The normalized spacial score (nSPS) is 14.8. The second-order valence-electron chi connectivity index (χ2n) is 6.16. The Morgan fingerprint density at radius 2 is 1.85 bits per heavy atom. The maximum Gasteiger partial charge on any atom is 0.317 e. The first-order valence-corrected chi connectivity index (χ1v) is 8.85. The van der Waals surface area contributed by atoms with E-state index in [4.69, 9.17) is 32.5 Å². The minimum atomic E-state index is -0.587. The zero-order valence-corrected chi connectivity index (χ0v) is 15.1. The van der Waals surface area contributed by atoms with E-state index in [9.17, 15) is 4.79 Å². The molecule has 0 amide bonds. The monoisotopic (exact) mass is 388 g/mol. The third kappa shape index (κ3) is 3.20. The second-order valence-corrected chi connectivity index (χ2v) is 7.00. The van der Waals surface area contributed by atoms with Crippen molar-refractivity contribution in [3.05, 3.63) is 70.0 Å². The Labute approximate surface area is 159 Å². The maximum absolute atomic E-state index is 12.6.